The van der Waals surface area contributed by atoms with Gasteiger partial charge < -0.3 is 19.3 Å². The number of rotatable bonds is 6. The standard InChI is InChI=1S/C25H23IN2O6S/c1-5-34-24(31)20-13(2)27-25-28(21(20)15-6-8-16(32-3)9-7-15)23(30)19(35-25)12-14-10-17(26)22(29)18(11-14)33-4/h6-12,21,29H,5H2,1-4H3/b19-12+. The summed E-state index contributed by atoms with van der Waals surface area (Å²) in [4.78, 5) is 31.7. The van der Waals surface area contributed by atoms with Gasteiger partial charge in [0.1, 0.15) is 5.75 Å². The number of phenolic OH excluding ortho intramolecular Hbond substituents is 1. The van der Waals surface area contributed by atoms with E-state index in [-0.39, 0.29) is 17.9 Å². The van der Waals surface area contributed by atoms with Crippen LogP contribution >= 0.6 is 33.9 Å². The summed E-state index contributed by atoms with van der Waals surface area (Å²) in [5, 5.41) is 10.1. The lowest BCUT2D eigenvalue weighted by atomic mass is 9.96. The van der Waals surface area contributed by atoms with Gasteiger partial charge in [-0.05, 0) is 77.9 Å². The normalized spacial score (nSPS) is 15.5. The van der Waals surface area contributed by atoms with Crippen molar-refractivity contribution >= 4 is 46.0 Å². The Balaban J connectivity index is 1.94. The number of halogens is 1. The molecule has 10 heteroatoms. The van der Waals surface area contributed by atoms with E-state index in [0.717, 1.165) is 5.56 Å². The number of esters is 1. The zero-order valence-corrected chi connectivity index (χ0v) is 22.5. The summed E-state index contributed by atoms with van der Waals surface area (Å²) < 4.78 is 18.4. The molecule has 35 heavy (non-hydrogen) atoms. The molecule has 1 unspecified atom stereocenters. The van der Waals surface area contributed by atoms with Crippen LogP contribution < -0.4 is 24.4 Å². The zero-order chi connectivity index (χ0) is 25.3. The van der Waals surface area contributed by atoms with Crippen LogP contribution in [0.3, 0.4) is 0 Å². The Morgan fingerprint density at radius 3 is 2.57 bits per heavy atom. The van der Waals surface area contributed by atoms with Crippen LogP contribution in [-0.2, 0) is 9.53 Å². The van der Waals surface area contributed by atoms with Crippen molar-refractivity contribution in [1.82, 2.24) is 4.57 Å². The summed E-state index contributed by atoms with van der Waals surface area (Å²) in [5.41, 5.74) is 1.95. The van der Waals surface area contributed by atoms with Gasteiger partial charge in [-0.2, -0.15) is 0 Å². The molecule has 0 aliphatic carbocycles. The molecular formula is C25H23IN2O6S. The van der Waals surface area contributed by atoms with Crippen molar-refractivity contribution in [1.29, 1.82) is 0 Å². The predicted octanol–water partition coefficient (Wildman–Crippen LogP) is 3.13. The molecule has 0 fully saturated rings. The fraction of sp³-hybridized carbons (Fsp3) is 0.240. The molecule has 182 valence electrons. The predicted molar refractivity (Wildman–Crippen MR) is 141 cm³/mol. The first-order valence-corrected chi connectivity index (χ1v) is 12.6. The van der Waals surface area contributed by atoms with Crippen LogP contribution in [0.25, 0.3) is 6.08 Å². The number of fused-ring (bicyclic) bond motifs is 1. The Kier molecular flexibility index (Phi) is 7.31. The SMILES string of the molecule is CCOC(=O)C1=C(C)N=c2s/c(=C/c3cc(I)c(O)c(OC)c3)c(=O)n2C1c1ccc(OC)cc1. The van der Waals surface area contributed by atoms with Gasteiger partial charge in [0.05, 0.1) is 46.2 Å². The minimum absolute atomic E-state index is 0.0425. The van der Waals surface area contributed by atoms with Gasteiger partial charge in [0, 0.05) is 0 Å². The van der Waals surface area contributed by atoms with E-state index in [9.17, 15) is 14.7 Å². The summed E-state index contributed by atoms with van der Waals surface area (Å²) in [7, 11) is 3.04. The molecule has 1 aliphatic heterocycles. The molecule has 3 aromatic rings. The highest BCUT2D eigenvalue weighted by molar-refractivity contribution is 14.1. The third-order valence-corrected chi connectivity index (χ3v) is 7.32. The van der Waals surface area contributed by atoms with E-state index in [1.165, 1.54) is 23.0 Å². The van der Waals surface area contributed by atoms with Crippen LogP contribution in [-0.4, -0.2) is 36.5 Å². The number of carbonyl (C=O) groups excluding carboxylic acids is 1. The van der Waals surface area contributed by atoms with Crippen molar-refractivity contribution < 1.29 is 24.1 Å². The van der Waals surface area contributed by atoms with E-state index in [2.05, 4.69) is 4.99 Å². The number of allylic oxidation sites excluding steroid dienone is 1. The zero-order valence-electron chi connectivity index (χ0n) is 19.5. The molecule has 0 bridgehead atoms. The maximum Gasteiger partial charge on any atom is 0.338 e. The van der Waals surface area contributed by atoms with E-state index in [1.54, 1.807) is 51.3 Å². The summed E-state index contributed by atoms with van der Waals surface area (Å²) >= 11 is 3.24. The van der Waals surface area contributed by atoms with Crippen LogP contribution in [0, 0.1) is 3.57 Å². The fourth-order valence-electron chi connectivity index (χ4n) is 3.88. The highest BCUT2D eigenvalue weighted by atomic mass is 127. The van der Waals surface area contributed by atoms with E-state index in [1.807, 2.05) is 34.7 Å². The third-order valence-electron chi connectivity index (χ3n) is 5.52. The lowest BCUT2D eigenvalue weighted by Crippen LogP contribution is -2.39. The van der Waals surface area contributed by atoms with E-state index in [0.29, 0.717) is 41.2 Å². The van der Waals surface area contributed by atoms with Crippen molar-refractivity contribution in [3.05, 3.63) is 82.1 Å². The Bertz CT molecular complexity index is 1500. The molecule has 1 aromatic heterocycles. The number of hydrogen-bond acceptors (Lipinski definition) is 8. The van der Waals surface area contributed by atoms with Crippen LogP contribution in [0.4, 0.5) is 0 Å². The van der Waals surface area contributed by atoms with Gasteiger partial charge in [0.2, 0.25) is 0 Å². The molecular weight excluding hydrogens is 583 g/mol. The monoisotopic (exact) mass is 606 g/mol. The van der Waals surface area contributed by atoms with E-state index in [4.69, 9.17) is 14.2 Å². The highest BCUT2D eigenvalue weighted by Crippen LogP contribution is 2.33. The van der Waals surface area contributed by atoms with Gasteiger partial charge in [-0.1, -0.05) is 23.5 Å². The molecule has 1 atom stereocenters. The van der Waals surface area contributed by atoms with E-state index < -0.39 is 12.0 Å². The van der Waals surface area contributed by atoms with Gasteiger partial charge in [0.15, 0.2) is 16.3 Å². The minimum atomic E-state index is -0.701. The molecule has 4 rings (SSSR count). The summed E-state index contributed by atoms with van der Waals surface area (Å²) in [6, 6.07) is 9.94. The lowest BCUT2D eigenvalue weighted by Gasteiger charge is -2.24. The molecule has 0 saturated heterocycles. The molecule has 0 spiro atoms. The largest absolute Gasteiger partial charge is 0.504 e. The second-order valence-electron chi connectivity index (χ2n) is 7.63. The average Bonchev–Trinajstić information content (AvgIpc) is 3.14. The molecule has 2 aromatic carbocycles. The third kappa shape index (κ3) is 4.72. The molecule has 8 nitrogen and oxygen atoms in total. The van der Waals surface area contributed by atoms with Gasteiger partial charge in [-0.15, -0.1) is 0 Å². The topological polar surface area (TPSA) is 99.4 Å². The maximum absolute atomic E-state index is 13.7. The Labute approximate surface area is 218 Å². The molecule has 0 radical (unpaired) electrons. The van der Waals surface area contributed by atoms with Crippen molar-refractivity contribution in [3.63, 3.8) is 0 Å². The summed E-state index contributed by atoms with van der Waals surface area (Å²) in [5.74, 6) is 0.505. The first kappa shape index (κ1) is 25.0. The quantitative estimate of drug-likeness (QED) is 0.342. The summed E-state index contributed by atoms with van der Waals surface area (Å²) in [6.45, 7) is 3.68. The number of benzene rings is 2. The van der Waals surface area contributed by atoms with Crippen molar-refractivity contribution in [2.45, 2.75) is 19.9 Å². The number of ether oxygens (including phenoxy) is 3. The average molecular weight is 606 g/mol. The molecule has 1 aliphatic rings. The van der Waals surface area contributed by atoms with Crippen LogP contribution in [0.2, 0.25) is 0 Å². The lowest BCUT2D eigenvalue weighted by molar-refractivity contribution is -0.139. The number of hydrogen-bond donors (Lipinski definition) is 1. The Morgan fingerprint density at radius 1 is 1.23 bits per heavy atom. The number of nitrogens with zero attached hydrogens (tertiary/aromatic N) is 2. The van der Waals surface area contributed by atoms with Gasteiger partial charge >= 0.3 is 5.97 Å². The Morgan fingerprint density at radius 2 is 1.94 bits per heavy atom. The van der Waals surface area contributed by atoms with E-state index >= 15 is 0 Å². The fourth-order valence-corrected chi connectivity index (χ4v) is 5.55. The molecule has 1 N–H and O–H groups in total. The molecule has 0 saturated carbocycles. The van der Waals surface area contributed by atoms with Crippen molar-refractivity contribution in [2.75, 3.05) is 20.8 Å². The molecule has 2 heterocycles. The number of aromatic nitrogens is 1. The summed E-state index contributed by atoms with van der Waals surface area (Å²) in [6.07, 6.45) is 1.72. The van der Waals surface area contributed by atoms with Gasteiger partial charge in [0.25, 0.3) is 5.56 Å². The molecule has 0 amide bonds. The van der Waals surface area contributed by atoms with Crippen LogP contribution in [0.1, 0.15) is 31.0 Å². The van der Waals surface area contributed by atoms with Gasteiger partial charge in [-0.3, -0.25) is 9.36 Å². The Hall–Kier alpha value is -3.12. The number of carbonyl (C=O) groups is 1. The minimum Gasteiger partial charge on any atom is -0.504 e. The second-order valence-corrected chi connectivity index (χ2v) is 9.80. The smallest absolute Gasteiger partial charge is 0.338 e. The first-order chi connectivity index (χ1) is 16.8. The van der Waals surface area contributed by atoms with Gasteiger partial charge in [-0.25, -0.2) is 9.79 Å². The number of phenols is 1. The first-order valence-electron chi connectivity index (χ1n) is 10.7. The number of methoxy groups -OCH3 is 2. The van der Waals surface area contributed by atoms with Crippen molar-refractivity contribution in [3.8, 4) is 17.2 Å². The highest BCUT2D eigenvalue weighted by Gasteiger charge is 2.33. The maximum atomic E-state index is 13.7. The number of aromatic hydroxyl groups is 1. The van der Waals surface area contributed by atoms with Crippen LogP contribution in [0.15, 0.2) is 57.5 Å². The van der Waals surface area contributed by atoms with Crippen molar-refractivity contribution in [2.24, 2.45) is 4.99 Å². The second kappa shape index (κ2) is 10.2. The van der Waals surface area contributed by atoms with Crippen LogP contribution in [0.5, 0.6) is 17.2 Å². The number of thiazole rings is 1.